The van der Waals surface area contributed by atoms with Gasteiger partial charge < -0.3 is 15.0 Å². The van der Waals surface area contributed by atoms with Crippen LogP contribution >= 0.6 is 0 Å². The van der Waals surface area contributed by atoms with Crippen LogP contribution in [0.5, 0.6) is 5.75 Å². The van der Waals surface area contributed by atoms with Gasteiger partial charge in [-0.1, -0.05) is 24.3 Å². The summed E-state index contributed by atoms with van der Waals surface area (Å²) < 4.78 is 19.1. The number of benzene rings is 2. The first-order valence-electron chi connectivity index (χ1n) is 9.53. The van der Waals surface area contributed by atoms with E-state index in [4.69, 9.17) is 4.74 Å². The normalized spacial score (nSPS) is 16.1. The van der Waals surface area contributed by atoms with Crippen LogP contribution in [-0.2, 0) is 16.0 Å². The number of likely N-dealkylation sites (tertiary alicyclic amines) is 1. The van der Waals surface area contributed by atoms with E-state index in [0.29, 0.717) is 25.5 Å². The fourth-order valence-electron chi connectivity index (χ4n) is 3.39. The highest BCUT2D eigenvalue weighted by atomic mass is 19.1. The van der Waals surface area contributed by atoms with Gasteiger partial charge in [0.25, 0.3) is 0 Å². The molecule has 2 aromatic carbocycles. The Morgan fingerprint density at radius 2 is 1.93 bits per heavy atom. The molecule has 28 heavy (non-hydrogen) atoms. The van der Waals surface area contributed by atoms with Crippen molar-refractivity contribution in [2.24, 2.45) is 5.92 Å². The minimum atomic E-state index is -0.352. The molecule has 2 aromatic rings. The first kappa shape index (κ1) is 19.9. The standard InChI is InChI=1S/C22H25FN2O3/c1-16(26)24-19-8-6-17(7-9-19)14-22(27)25-12-10-18(15-25)11-13-28-21-5-3-2-4-20(21)23/h2-9,18H,10-15H2,1H3,(H,24,26). The summed E-state index contributed by atoms with van der Waals surface area (Å²) in [5, 5.41) is 2.71. The summed E-state index contributed by atoms with van der Waals surface area (Å²) in [6, 6.07) is 13.7. The maximum Gasteiger partial charge on any atom is 0.226 e. The van der Waals surface area contributed by atoms with Crippen molar-refractivity contribution in [1.82, 2.24) is 4.90 Å². The van der Waals surface area contributed by atoms with Crippen LogP contribution in [0.15, 0.2) is 48.5 Å². The lowest BCUT2D eigenvalue weighted by Crippen LogP contribution is -2.30. The van der Waals surface area contributed by atoms with Crippen molar-refractivity contribution in [2.45, 2.75) is 26.2 Å². The molecule has 0 aromatic heterocycles. The van der Waals surface area contributed by atoms with Gasteiger partial charge >= 0.3 is 0 Å². The third kappa shape index (κ3) is 5.55. The summed E-state index contributed by atoms with van der Waals surface area (Å²) in [7, 11) is 0. The minimum Gasteiger partial charge on any atom is -0.491 e. The highest BCUT2D eigenvalue weighted by molar-refractivity contribution is 5.88. The Balaban J connectivity index is 1.42. The zero-order valence-corrected chi connectivity index (χ0v) is 16.0. The number of amides is 2. The summed E-state index contributed by atoms with van der Waals surface area (Å²) in [6.45, 7) is 3.36. The van der Waals surface area contributed by atoms with E-state index in [0.717, 1.165) is 30.6 Å². The molecule has 1 aliphatic heterocycles. The predicted molar refractivity (Wildman–Crippen MR) is 106 cm³/mol. The van der Waals surface area contributed by atoms with Crippen molar-refractivity contribution < 1.29 is 18.7 Å². The average molecular weight is 384 g/mol. The molecule has 1 heterocycles. The number of hydrogen-bond acceptors (Lipinski definition) is 3. The Kier molecular flexibility index (Phi) is 6.63. The number of nitrogens with one attached hydrogen (secondary N) is 1. The molecule has 1 aliphatic rings. The molecule has 1 N–H and O–H groups in total. The zero-order chi connectivity index (χ0) is 19.9. The van der Waals surface area contributed by atoms with Crippen molar-refractivity contribution >= 4 is 17.5 Å². The van der Waals surface area contributed by atoms with E-state index in [1.807, 2.05) is 17.0 Å². The van der Waals surface area contributed by atoms with Gasteiger partial charge in [-0.3, -0.25) is 9.59 Å². The molecule has 148 valence electrons. The lowest BCUT2D eigenvalue weighted by molar-refractivity contribution is -0.129. The van der Waals surface area contributed by atoms with E-state index in [1.54, 1.807) is 30.3 Å². The lowest BCUT2D eigenvalue weighted by atomic mass is 10.1. The molecule has 1 atom stereocenters. The second kappa shape index (κ2) is 9.35. The Morgan fingerprint density at radius 1 is 1.18 bits per heavy atom. The van der Waals surface area contributed by atoms with Crippen molar-refractivity contribution in [3.05, 3.63) is 59.9 Å². The fourth-order valence-corrected chi connectivity index (χ4v) is 3.39. The molecule has 0 saturated carbocycles. The number of rotatable bonds is 7. The topological polar surface area (TPSA) is 58.6 Å². The van der Waals surface area contributed by atoms with E-state index >= 15 is 0 Å². The van der Waals surface area contributed by atoms with E-state index < -0.39 is 0 Å². The van der Waals surface area contributed by atoms with Gasteiger partial charge in [0.05, 0.1) is 13.0 Å². The first-order valence-corrected chi connectivity index (χ1v) is 9.53. The highest BCUT2D eigenvalue weighted by Crippen LogP contribution is 2.22. The third-order valence-corrected chi connectivity index (χ3v) is 4.89. The van der Waals surface area contributed by atoms with Gasteiger partial charge in [-0.15, -0.1) is 0 Å². The molecule has 0 bridgehead atoms. The number of para-hydroxylation sites is 1. The van der Waals surface area contributed by atoms with Crippen LogP contribution in [0.25, 0.3) is 0 Å². The summed E-state index contributed by atoms with van der Waals surface area (Å²) >= 11 is 0. The SMILES string of the molecule is CC(=O)Nc1ccc(CC(=O)N2CCC(CCOc3ccccc3F)C2)cc1. The van der Waals surface area contributed by atoms with Crippen LogP contribution in [0.3, 0.4) is 0 Å². The minimum absolute atomic E-state index is 0.102. The molecule has 1 fully saturated rings. The number of carbonyl (C=O) groups excluding carboxylic acids is 2. The number of carbonyl (C=O) groups is 2. The van der Waals surface area contributed by atoms with Crippen LogP contribution < -0.4 is 10.1 Å². The van der Waals surface area contributed by atoms with E-state index in [2.05, 4.69) is 5.32 Å². The number of nitrogens with zero attached hydrogens (tertiary/aromatic N) is 1. The largest absolute Gasteiger partial charge is 0.491 e. The number of hydrogen-bond donors (Lipinski definition) is 1. The smallest absolute Gasteiger partial charge is 0.226 e. The molecular formula is C22H25FN2O3. The van der Waals surface area contributed by atoms with E-state index in [-0.39, 0.29) is 23.4 Å². The number of halogens is 1. The quantitative estimate of drug-likeness (QED) is 0.793. The Bertz CT molecular complexity index is 823. The molecule has 5 nitrogen and oxygen atoms in total. The van der Waals surface area contributed by atoms with Crippen molar-refractivity contribution in [1.29, 1.82) is 0 Å². The molecule has 1 unspecified atom stereocenters. The summed E-state index contributed by atoms with van der Waals surface area (Å²) in [5.74, 6) is 0.278. The molecule has 6 heteroatoms. The van der Waals surface area contributed by atoms with E-state index in [1.165, 1.54) is 13.0 Å². The van der Waals surface area contributed by atoms with Crippen LogP contribution in [0.1, 0.15) is 25.3 Å². The van der Waals surface area contributed by atoms with Gasteiger partial charge in [0, 0.05) is 25.7 Å². The van der Waals surface area contributed by atoms with Gasteiger partial charge in [0.2, 0.25) is 11.8 Å². The van der Waals surface area contributed by atoms with Gasteiger partial charge in [0.1, 0.15) is 0 Å². The van der Waals surface area contributed by atoms with Crippen molar-refractivity contribution in [2.75, 3.05) is 25.0 Å². The second-order valence-electron chi connectivity index (χ2n) is 7.12. The third-order valence-electron chi connectivity index (χ3n) is 4.89. The van der Waals surface area contributed by atoms with Gasteiger partial charge in [-0.05, 0) is 48.6 Å². The highest BCUT2D eigenvalue weighted by Gasteiger charge is 2.26. The number of anilines is 1. The Labute approximate surface area is 164 Å². The maximum absolute atomic E-state index is 13.6. The van der Waals surface area contributed by atoms with Gasteiger partial charge in [-0.25, -0.2) is 4.39 Å². The van der Waals surface area contributed by atoms with E-state index in [9.17, 15) is 14.0 Å². The summed E-state index contributed by atoms with van der Waals surface area (Å²) in [4.78, 5) is 25.5. The fraction of sp³-hybridized carbons (Fsp3) is 0.364. The van der Waals surface area contributed by atoms with Crippen molar-refractivity contribution in [3.8, 4) is 5.75 Å². The number of ether oxygens (including phenoxy) is 1. The molecule has 0 aliphatic carbocycles. The van der Waals surface area contributed by atoms with Crippen LogP contribution in [-0.4, -0.2) is 36.4 Å². The molecule has 0 radical (unpaired) electrons. The first-order chi connectivity index (χ1) is 13.5. The van der Waals surface area contributed by atoms with Gasteiger partial charge in [0.15, 0.2) is 11.6 Å². The molecule has 0 spiro atoms. The van der Waals surface area contributed by atoms with Crippen LogP contribution in [0.4, 0.5) is 10.1 Å². The lowest BCUT2D eigenvalue weighted by Gasteiger charge is -2.17. The Hall–Kier alpha value is -2.89. The second-order valence-corrected chi connectivity index (χ2v) is 7.12. The maximum atomic E-state index is 13.6. The monoisotopic (exact) mass is 384 g/mol. The summed E-state index contributed by atoms with van der Waals surface area (Å²) in [6.07, 6.45) is 2.08. The predicted octanol–water partition coefficient (Wildman–Crippen LogP) is 3.64. The molecular weight excluding hydrogens is 359 g/mol. The summed E-state index contributed by atoms with van der Waals surface area (Å²) in [5.41, 5.74) is 1.64. The van der Waals surface area contributed by atoms with Crippen molar-refractivity contribution in [3.63, 3.8) is 0 Å². The van der Waals surface area contributed by atoms with Gasteiger partial charge in [-0.2, -0.15) is 0 Å². The molecule has 3 rings (SSSR count). The zero-order valence-electron chi connectivity index (χ0n) is 16.0. The van der Waals surface area contributed by atoms with Crippen LogP contribution in [0, 0.1) is 11.7 Å². The Morgan fingerprint density at radius 3 is 2.64 bits per heavy atom. The van der Waals surface area contributed by atoms with Crippen LogP contribution in [0.2, 0.25) is 0 Å². The average Bonchev–Trinajstić information content (AvgIpc) is 3.14. The molecule has 1 saturated heterocycles. The molecule has 2 amide bonds.